The number of anilines is 1. The Balaban J connectivity index is 1.32. The van der Waals surface area contributed by atoms with E-state index in [0.717, 1.165) is 37.2 Å². The first-order chi connectivity index (χ1) is 22.2. The number of aryl methyl sites for hydroxylation is 1. The number of hydrogen-bond donors (Lipinski definition) is 1. The Labute approximate surface area is 260 Å². The molecular formula is C36H25N3O7. The van der Waals surface area contributed by atoms with E-state index >= 15 is 0 Å². The number of nitro groups is 1. The fraction of sp³-hybridized carbons (Fsp3) is 0.167. The van der Waals surface area contributed by atoms with Crippen LogP contribution in [0.25, 0.3) is 43.1 Å². The van der Waals surface area contributed by atoms with Gasteiger partial charge in [0.15, 0.2) is 0 Å². The topological polar surface area (TPSA) is 138 Å². The first-order valence-corrected chi connectivity index (χ1v) is 15.0. The lowest BCUT2D eigenvalue weighted by Gasteiger charge is -2.30. The standard InChI is InChI=1S/C36H25N3O7/c1-18-17-19(39(45)46)5-14-28(18)38-35(43)26-12-8-22-20-6-10-24-31-25(34(42)37(33(24)41)15-3-2-4-16-40)11-7-21(29(20)31)23-9-13-27(36(38)44)32(26)30(22)23/h5-14,17,40H,2-4,15-16H2,1H3. The third-order valence-electron chi connectivity index (χ3n) is 9.39. The smallest absolute Gasteiger partial charge is 0.269 e. The fourth-order valence-corrected chi connectivity index (χ4v) is 7.30. The van der Waals surface area contributed by atoms with E-state index in [4.69, 9.17) is 5.11 Å². The quantitative estimate of drug-likeness (QED) is 0.0542. The number of benzene rings is 6. The van der Waals surface area contributed by atoms with E-state index in [-0.39, 0.29) is 36.3 Å². The molecule has 0 aliphatic carbocycles. The van der Waals surface area contributed by atoms with Gasteiger partial charge >= 0.3 is 0 Å². The van der Waals surface area contributed by atoms with E-state index in [1.165, 1.54) is 23.1 Å². The van der Waals surface area contributed by atoms with E-state index in [1.54, 1.807) is 31.2 Å². The number of non-ortho nitro benzene ring substituents is 1. The van der Waals surface area contributed by atoms with Gasteiger partial charge in [-0.05, 0) is 94.4 Å². The highest BCUT2D eigenvalue weighted by molar-refractivity contribution is 6.43. The number of carbonyl (C=O) groups excluding carboxylic acids is 4. The van der Waals surface area contributed by atoms with Crippen LogP contribution in [0.2, 0.25) is 0 Å². The Morgan fingerprint density at radius 1 is 0.630 bits per heavy atom. The zero-order chi connectivity index (χ0) is 32.0. The molecule has 0 bridgehead atoms. The maximum Gasteiger partial charge on any atom is 0.269 e. The minimum Gasteiger partial charge on any atom is -0.396 e. The molecule has 226 valence electrons. The Hall–Kier alpha value is -5.74. The molecule has 0 aromatic heterocycles. The molecule has 0 fully saturated rings. The lowest BCUT2D eigenvalue weighted by Crippen LogP contribution is -2.41. The van der Waals surface area contributed by atoms with E-state index < -0.39 is 16.7 Å². The summed E-state index contributed by atoms with van der Waals surface area (Å²) in [7, 11) is 0. The maximum absolute atomic E-state index is 14.0. The van der Waals surface area contributed by atoms with Crippen molar-refractivity contribution in [3.8, 4) is 0 Å². The summed E-state index contributed by atoms with van der Waals surface area (Å²) in [5, 5.41) is 26.2. The van der Waals surface area contributed by atoms with Crippen LogP contribution in [0.4, 0.5) is 11.4 Å². The highest BCUT2D eigenvalue weighted by Gasteiger charge is 2.38. The van der Waals surface area contributed by atoms with Crippen LogP contribution >= 0.6 is 0 Å². The molecule has 4 amide bonds. The van der Waals surface area contributed by atoms with Crippen LogP contribution in [0, 0.1) is 17.0 Å². The van der Waals surface area contributed by atoms with Gasteiger partial charge in [0.2, 0.25) is 0 Å². The lowest BCUT2D eigenvalue weighted by atomic mass is 9.82. The second-order valence-corrected chi connectivity index (χ2v) is 11.9. The van der Waals surface area contributed by atoms with Crippen molar-refractivity contribution >= 4 is 78.1 Å². The van der Waals surface area contributed by atoms with Crippen LogP contribution in [0.5, 0.6) is 0 Å². The Morgan fingerprint density at radius 2 is 1.11 bits per heavy atom. The van der Waals surface area contributed by atoms with Crippen LogP contribution in [0.3, 0.4) is 0 Å². The predicted molar refractivity (Wildman–Crippen MR) is 173 cm³/mol. The van der Waals surface area contributed by atoms with Crippen molar-refractivity contribution in [3.63, 3.8) is 0 Å². The van der Waals surface area contributed by atoms with Gasteiger partial charge in [-0.2, -0.15) is 0 Å². The summed E-state index contributed by atoms with van der Waals surface area (Å²) in [6.07, 6.45) is 1.91. The molecule has 6 aromatic rings. The highest BCUT2D eigenvalue weighted by Crippen LogP contribution is 2.46. The first-order valence-electron chi connectivity index (χ1n) is 15.0. The largest absolute Gasteiger partial charge is 0.396 e. The SMILES string of the molecule is Cc1cc([N+](=O)[O-])ccc1N1C(=O)c2ccc3c4ccc5c6c(ccc(c7ccc(c2c37)C1=O)c64)C(=O)N(CCCCCO)C5=O. The molecule has 2 heterocycles. The van der Waals surface area contributed by atoms with Gasteiger partial charge in [-0.25, -0.2) is 4.90 Å². The number of hydrogen-bond acceptors (Lipinski definition) is 7. The third-order valence-corrected chi connectivity index (χ3v) is 9.39. The molecule has 0 saturated carbocycles. The molecule has 10 heteroatoms. The molecule has 0 spiro atoms. The van der Waals surface area contributed by atoms with Gasteiger partial charge in [-0.15, -0.1) is 0 Å². The highest BCUT2D eigenvalue weighted by atomic mass is 16.6. The number of imide groups is 2. The van der Waals surface area contributed by atoms with Crippen LogP contribution in [-0.2, 0) is 0 Å². The number of nitro benzene ring substituents is 1. The second-order valence-electron chi connectivity index (χ2n) is 11.9. The van der Waals surface area contributed by atoms with Gasteiger partial charge in [-0.1, -0.05) is 24.3 Å². The van der Waals surface area contributed by atoms with Crippen molar-refractivity contribution in [1.82, 2.24) is 4.90 Å². The Morgan fingerprint density at radius 3 is 1.54 bits per heavy atom. The van der Waals surface area contributed by atoms with Crippen molar-refractivity contribution in [1.29, 1.82) is 0 Å². The normalized spacial score (nSPS) is 14.6. The molecule has 0 radical (unpaired) electrons. The number of unbranched alkanes of at least 4 members (excludes halogenated alkanes) is 2. The van der Waals surface area contributed by atoms with Crippen molar-refractivity contribution in [2.75, 3.05) is 18.1 Å². The van der Waals surface area contributed by atoms with Gasteiger partial charge in [0.1, 0.15) is 0 Å². The summed E-state index contributed by atoms with van der Waals surface area (Å²) in [5.41, 5.74) is 2.14. The number of amides is 4. The molecule has 1 N–H and O–H groups in total. The summed E-state index contributed by atoms with van der Waals surface area (Å²) in [6, 6.07) is 18.3. The predicted octanol–water partition coefficient (Wildman–Crippen LogP) is 6.51. The third kappa shape index (κ3) is 3.61. The molecule has 10 nitrogen and oxygen atoms in total. The molecule has 2 aliphatic rings. The zero-order valence-electron chi connectivity index (χ0n) is 24.6. The van der Waals surface area contributed by atoms with E-state index in [9.17, 15) is 29.3 Å². The average molecular weight is 612 g/mol. The number of carbonyl (C=O) groups is 4. The minimum absolute atomic E-state index is 0.0623. The summed E-state index contributed by atoms with van der Waals surface area (Å²) in [4.78, 5) is 68.3. The van der Waals surface area contributed by atoms with Gasteiger partial charge in [-0.3, -0.25) is 34.2 Å². The molecule has 8 rings (SSSR count). The summed E-state index contributed by atoms with van der Waals surface area (Å²) >= 11 is 0. The zero-order valence-corrected chi connectivity index (χ0v) is 24.6. The molecular weight excluding hydrogens is 586 g/mol. The first kappa shape index (κ1) is 27.8. The second kappa shape index (κ2) is 9.88. The Kier molecular flexibility index (Phi) is 5.97. The Bertz CT molecular complexity index is 2280. The van der Waals surface area contributed by atoms with Crippen molar-refractivity contribution < 1.29 is 29.2 Å². The van der Waals surface area contributed by atoms with Crippen LogP contribution in [-0.4, -0.2) is 51.7 Å². The minimum atomic E-state index is -0.524. The number of nitrogens with zero attached hydrogens (tertiary/aromatic N) is 3. The number of aliphatic hydroxyl groups is 1. The van der Waals surface area contributed by atoms with Crippen molar-refractivity contribution in [2.24, 2.45) is 0 Å². The number of rotatable bonds is 7. The average Bonchev–Trinajstić information content (AvgIpc) is 3.05. The number of fused-ring (bicyclic) bond motifs is 2. The van der Waals surface area contributed by atoms with E-state index in [1.807, 2.05) is 24.3 Å². The van der Waals surface area contributed by atoms with Crippen LogP contribution < -0.4 is 4.90 Å². The van der Waals surface area contributed by atoms with Crippen molar-refractivity contribution in [2.45, 2.75) is 26.2 Å². The molecule has 0 unspecified atom stereocenters. The summed E-state index contributed by atoms with van der Waals surface area (Å²) in [6.45, 7) is 1.96. The van der Waals surface area contributed by atoms with Crippen LogP contribution in [0.1, 0.15) is 66.3 Å². The van der Waals surface area contributed by atoms with Gasteiger partial charge in [0, 0.05) is 58.3 Å². The van der Waals surface area contributed by atoms with Crippen molar-refractivity contribution in [3.05, 3.63) is 105 Å². The van der Waals surface area contributed by atoms with Gasteiger partial charge in [0.25, 0.3) is 29.3 Å². The molecule has 0 atom stereocenters. The molecule has 2 aliphatic heterocycles. The molecule has 46 heavy (non-hydrogen) atoms. The van der Waals surface area contributed by atoms with E-state index in [0.29, 0.717) is 57.9 Å². The van der Waals surface area contributed by atoms with E-state index in [2.05, 4.69) is 0 Å². The number of aliphatic hydroxyl groups excluding tert-OH is 1. The summed E-state index contributed by atoms with van der Waals surface area (Å²) in [5.74, 6) is -1.74. The monoisotopic (exact) mass is 611 g/mol. The molecule has 0 saturated heterocycles. The fourth-order valence-electron chi connectivity index (χ4n) is 7.30. The molecule has 6 aromatic carbocycles. The van der Waals surface area contributed by atoms with Crippen LogP contribution in [0.15, 0.2) is 66.7 Å². The summed E-state index contributed by atoms with van der Waals surface area (Å²) < 4.78 is 0. The van der Waals surface area contributed by atoms with Gasteiger partial charge in [0.05, 0.1) is 10.6 Å². The maximum atomic E-state index is 14.0. The van der Waals surface area contributed by atoms with Gasteiger partial charge < -0.3 is 5.11 Å². The lowest BCUT2D eigenvalue weighted by molar-refractivity contribution is -0.384.